The lowest BCUT2D eigenvalue weighted by Crippen LogP contribution is -2.24. The lowest BCUT2D eigenvalue weighted by molar-refractivity contribution is -0.127. The number of fused-ring (bicyclic) bond motifs is 1. The molecule has 1 saturated heterocycles. The first-order valence-electron chi connectivity index (χ1n) is 9.68. The third kappa shape index (κ3) is 3.32. The molecular weight excluding hydrogens is 348 g/mol. The third-order valence-corrected chi connectivity index (χ3v) is 5.16. The lowest BCUT2D eigenvalue weighted by Gasteiger charge is -2.14. The molecule has 1 fully saturated rings. The summed E-state index contributed by atoms with van der Waals surface area (Å²) in [6.07, 6.45) is 2.26. The molecule has 4 heteroatoms. The van der Waals surface area contributed by atoms with E-state index in [1.165, 1.54) is 0 Å². The van der Waals surface area contributed by atoms with E-state index in [1.54, 1.807) is 9.47 Å². The Bertz CT molecular complexity index is 1150. The van der Waals surface area contributed by atoms with Crippen LogP contribution in [0.15, 0.2) is 59.4 Å². The summed E-state index contributed by atoms with van der Waals surface area (Å²) in [5, 5.41) is 1.53. The van der Waals surface area contributed by atoms with E-state index in [2.05, 4.69) is 24.8 Å². The maximum atomic E-state index is 13.4. The average molecular weight is 370 g/mol. The van der Waals surface area contributed by atoms with Crippen molar-refractivity contribution in [2.24, 2.45) is 0 Å². The van der Waals surface area contributed by atoms with Crippen molar-refractivity contribution in [3.63, 3.8) is 0 Å². The minimum Gasteiger partial charge on any atom is -0.332 e. The molecule has 3 aromatic rings. The summed E-state index contributed by atoms with van der Waals surface area (Å²) in [6, 6.07) is 17.5. The second-order valence-corrected chi connectivity index (χ2v) is 6.96. The molecule has 1 aliphatic rings. The minimum atomic E-state index is -0.0531. The topological polar surface area (TPSA) is 42.3 Å². The minimum absolute atomic E-state index is 0.0531. The monoisotopic (exact) mass is 370 g/mol. The van der Waals surface area contributed by atoms with Crippen LogP contribution in [0.2, 0.25) is 0 Å². The Morgan fingerprint density at radius 3 is 2.57 bits per heavy atom. The number of aromatic nitrogens is 1. The predicted molar refractivity (Wildman–Crippen MR) is 112 cm³/mol. The van der Waals surface area contributed by atoms with E-state index in [-0.39, 0.29) is 11.5 Å². The molecule has 4 nitrogen and oxygen atoms in total. The molecule has 0 saturated carbocycles. The molecular formula is C24H22N2O2. The molecule has 2 aromatic carbocycles. The zero-order valence-corrected chi connectivity index (χ0v) is 15.9. The van der Waals surface area contributed by atoms with Crippen LogP contribution in [0.5, 0.6) is 0 Å². The highest BCUT2D eigenvalue weighted by atomic mass is 16.2. The Hall–Kier alpha value is -3.32. The van der Waals surface area contributed by atoms with Gasteiger partial charge in [-0.15, -0.1) is 0 Å². The zero-order valence-electron chi connectivity index (χ0n) is 15.9. The number of hydrogen-bond acceptors (Lipinski definition) is 2. The number of hydrogen-bond donors (Lipinski definition) is 0. The summed E-state index contributed by atoms with van der Waals surface area (Å²) in [5.41, 5.74) is 2.48. The van der Waals surface area contributed by atoms with Crippen molar-refractivity contribution < 1.29 is 4.79 Å². The molecule has 0 atom stereocenters. The number of aryl methyl sites for hydroxylation is 1. The fourth-order valence-corrected chi connectivity index (χ4v) is 3.74. The maximum Gasteiger partial charge on any atom is 0.264 e. The molecule has 1 aromatic heterocycles. The molecule has 140 valence electrons. The number of rotatable bonds is 3. The van der Waals surface area contributed by atoms with Gasteiger partial charge in [-0.25, -0.2) is 0 Å². The summed E-state index contributed by atoms with van der Waals surface area (Å²) >= 11 is 0. The highest BCUT2D eigenvalue weighted by molar-refractivity contribution is 5.88. The highest BCUT2D eigenvalue weighted by Crippen LogP contribution is 2.19. The van der Waals surface area contributed by atoms with Crippen LogP contribution in [0.4, 0.5) is 0 Å². The van der Waals surface area contributed by atoms with E-state index in [4.69, 9.17) is 0 Å². The van der Waals surface area contributed by atoms with Crippen LogP contribution in [-0.4, -0.2) is 28.5 Å². The molecule has 1 amide bonds. The Morgan fingerprint density at radius 1 is 1.04 bits per heavy atom. The van der Waals surface area contributed by atoms with Crippen molar-refractivity contribution in [1.82, 2.24) is 9.47 Å². The van der Waals surface area contributed by atoms with Crippen LogP contribution in [0, 0.1) is 11.8 Å². The van der Waals surface area contributed by atoms with Gasteiger partial charge >= 0.3 is 0 Å². The average Bonchev–Trinajstić information content (AvgIpc) is 3.13. The number of pyridine rings is 1. The quantitative estimate of drug-likeness (QED) is 0.662. The molecule has 0 unspecified atom stereocenters. The third-order valence-electron chi connectivity index (χ3n) is 5.16. The predicted octanol–water partition coefficient (Wildman–Crippen LogP) is 3.53. The van der Waals surface area contributed by atoms with Gasteiger partial charge in [0.1, 0.15) is 0 Å². The second-order valence-electron chi connectivity index (χ2n) is 6.96. The van der Waals surface area contributed by atoms with E-state index in [0.29, 0.717) is 23.9 Å². The van der Waals surface area contributed by atoms with Crippen molar-refractivity contribution in [1.29, 1.82) is 0 Å². The van der Waals surface area contributed by atoms with E-state index in [1.807, 2.05) is 48.5 Å². The summed E-state index contributed by atoms with van der Waals surface area (Å²) in [5.74, 6) is 6.38. The van der Waals surface area contributed by atoms with Crippen molar-refractivity contribution in [3.05, 3.63) is 76.2 Å². The number of amides is 1. The van der Waals surface area contributed by atoms with Crippen LogP contribution < -0.4 is 5.56 Å². The largest absolute Gasteiger partial charge is 0.332 e. The number of benzene rings is 2. The van der Waals surface area contributed by atoms with Crippen LogP contribution in [0.25, 0.3) is 16.5 Å². The van der Waals surface area contributed by atoms with Crippen LogP contribution in [0.3, 0.4) is 0 Å². The normalized spacial score (nSPS) is 13.6. The van der Waals surface area contributed by atoms with Crippen molar-refractivity contribution in [3.8, 4) is 17.5 Å². The van der Waals surface area contributed by atoms with Crippen LogP contribution in [0.1, 0.15) is 31.0 Å². The summed E-state index contributed by atoms with van der Waals surface area (Å²) in [6.45, 7) is 3.23. The Labute approximate surface area is 164 Å². The van der Waals surface area contributed by atoms with Crippen LogP contribution in [-0.2, 0) is 11.2 Å². The first-order chi connectivity index (χ1) is 13.7. The second kappa shape index (κ2) is 7.74. The Kier molecular flexibility index (Phi) is 4.99. The molecule has 0 N–H and O–H groups in total. The first-order valence-corrected chi connectivity index (χ1v) is 9.68. The van der Waals surface area contributed by atoms with Gasteiger partial charge in [0.2, 0.25) is 5.91 Å². The summed E-state index contributed by atoms with van der Waals surface area (Å²) in [4.78, 5) is 27.0. The molecule has 0 spiro atoms. The molecule has 1 aliphatic heterocycles. The fourth-order valence-electron chi connectivity index (χ4n) is 3.74. The molecule has 0 aliphatic carbocycles. The van der Waals surface area contributed by atoms with E-state index in [9.17, 15) is 9.59 Å². The molecule has 0 bridgehead atoms. The van der Waals surface area contributed by atoms with Crippen molar-refractivity contribution in [2.75, 3.05) is 13.1 Å². The molecule has 28 heavy (non-hydrogen) atoms. The van der Waals surface area contributed by atoms with Crippen LogP contribution >= 0.6 is 0 Å². The van der Waals surface area contributed by atoms with Gasteiger partial charge in [0, 0.05) is 29.9 Å². The number of carbonyl (C=O) groups is 1. The lowest BCUT2D eigenvalue weighted by atomic mass is 10.0. The van der Waals surface area contributed by atoms with Gasteiger partial charge in [0.15, 0.2) is 0 Å². The van der Waals surface area contributed by atoms with Crippen molar-refractivity contribution in [2.45, 2.75) is 26.2 Å². The van der Waals surface area contributed by atoms with Gasteiger partial charge in [-0.1, -0.05) is 49.1 Å². The maximum absolute atomic E-state index is 13.4. The Morgan fingerprint density at radius 2 is 1.86 bits per heavy atom. The molecule has 0 radical (unpaired) electrons. The number of para-hydroxylation sites is 1. The summed E-state index contributed by atoms with van der Waals surface area (Å²) in [7, 11) is 0. The zero-order chi connectivity index (χ0) is 19.5. The van der Waals surface area contributed by atoms with Gasteiger partial charge in [-0.2, -0.15) is 0 Å². The van der Waals surface area contributed by atoms with Gasteiger partial charge in [-0.3, -0.25) is 14.2 Å². The number of nitrogens with zero attached hydrogens (tertiary/aromatic N) is 2. The van der Waals surface area contributed by atoms with E-state index in [0.717, 1.165) is 36.2 Å². The smallest absolute Gasteiger partial charge is 0.264 e. The SMILES string of the molecule is CCc1cc2cccc(C#CCN3CCCC3=O)c2c(=O)n1-c1ccccc1. The van der Waals surface area contributed by atoms with Gasteiger partial charge in [0.25, 0.3) is 5.56 Å². The number of likely N-dealkylation sites (tertiary alicyclic amines) is 1. The first kappa shape index (κ1) is 18.1. The summed E-state index contributed by atoms with van der Waals surface area (Å²) < 4.78 is 1.78. The Balaban J connectivity index is 1.83. The van der Waals surface area contributed by atoms with E-state index >= 15 is 0 Å². The highest BCUT2D eigenvalue weighted by Gasteiger charge is 2.18. The molecule has 4 rings (SSSR count). The van der Waals surface area contributed by atoms with Gasteiger partial charge in [0.05, 0.1) is 11.9 Å². The van der Waals surface area contributed by atoms with Crippen molar-refractivity contribution >= 4 is 16.7 Å². The number of carbonyl (C=O) groups excluding carboxylic acids is 1. The standard InChI is InChI=1S/C24H22N2O2/c1-2-20-17-19-10-6-9-18(11-7-15-25-16-8-14-22(25)27)23(19)24(28)26(20)21-12-4-3-5-13-21/h3-6,9-10,12-13,17H,2,8,14-16H2,1H3. The van der Waals surface area contributed by atoms with Gasteiger partial charge in [-0.05, 0) is 42.5 Å². The molecule has 2 heterocycles. The van der Waals surface area contributed by atoms with Gasteiger partial charge < -0.3 is 4.90 Å². The fraction of sp³-hybridized carbons (Fsp3) is 0.250. The van der Waals surface area contributed by atoms with E-state index < -0.39 is 0 Å².